The first-order valence-electron chi connectivity index (χ1n) is 10.8. The summed E-state index contributed by atoms with van der Waals surface area (Å²) in [6.07, 6.45) is 5.84. The molecule has 0 saturated heterocycles. The van der Waals surface area contributed by atoms with Crippen molar-refractivity contribution in [2.45, 2.75) is 39.5 Å². The number of hydrogen-bond donors (Lipinski definition) is 2. The van der Waals surface area contributed by atoms with E-state index < -0.39 is 0 Å². The average Bonchev–Trinajstić information content (AvgIpc) is 3.14. The third kappa shape index (κ3) is 4.31. The Morgan fingerprint density at radius 3 is 2.83 bits per heavy atom. The largest absolute Gasteiger partial charge is 0.428 e. The highest BCUT2D eigenvalue weighted by Gasteiger charge is 2.24. The van der Waals surface area contributed by atoms with Crippen molar-refractivity contribution in [3.63, 3.8) is 0 Å². The molecule has 3 N–H and O–H groups in total. The molecule has 7 nitrogen and oxygen atoms in total. The first-order valence-corrected chi connectivity index (χ1v) is 10.8. The minimum Gasteiger partial charge on any atom is -0.428 e. The standard InChI is InChI=1S/C23H30N6O/c1-4-29(5-2)10-6-9-25-21-14-26-18-8-7-16(12-19(18)27-21)17-11-15(3)22-20(13-17)28-23(24)30-22/h7-8,12-15H,4-6,9-11H2,1-3H3,(H2,24,28)(H,25,27). The van der Waals surface area contributed by atoms with Crippen LogP contribution in [0.1, 0.15) is 56.5 Å². The van der Waals surface area contributed by atoms with Gasteiger partial charge in [-0.05, 0) is 61.8 Å². The Bertz CT molecular complexity index is 1050. The predicted molar refractivity (Wildman–Crippen MR) is 122 cm³/mol. The highest BCUT2D eigenvalue weighted by Crippen LogP contribution is 2.38. The summed E-state index contributed by atoms with van der Waals surface area (Å²) in [4.78, 5) is 16.1. The van der Waals surface area contributed by atoms with Crippen LogP contribution in [0.15, 0.2) is 28.8 Å². The van der Waals surface area contributed by atoms with Crippen LogP contribution in [0.5, 0.6) is 0 Å². The van der Waals surface area contributed by atoms with E-state index in [9.17, 15) is 0 Å². The van der Waals surface area contributed by atoms with Gasteiger partial charge in [-0.3, -0.25) is 4.98 Å². The van der Waals surface area contributed by atoms with E-state index in [-0.39, 0.29) is 11.9 Å². The van der Waals surface area contributed by atoms with Gasteiger partial charge in [-0.15, -0.1) is 0 Å². The molecule has 2 aromatic heterocycles. The van der Waals surface area contributed by atoms with Crippen LogP contribution in [-0.4, -0.2) is 46.0 Å². The van der Waals surface area contributed by atoms with Crippen molar-refractivity contribution in [3.8, 4) is 0 Å². The molecule has 0 spiro atoms. The molecule has 0 fully saturated rings. The summed E-state index contributed by atoms with van der Waals surface area (Å²) >= 11 is 0. The quantitative estimate of drug-likeness (QED) is 0.536. The molecule has 1 unspecified atom stereocenters. The molecule has 2 heterocycles. The Hall–Kier alpha value is -2.93. The van der Waals surface area contributed by atoms with E-state index in [1.165, 1.54) is 5.57 Å². The third-order valence-electron chi connectivity index (χ3n) is 5.75. The number of anilines is 2. The number of benzene rings is 1. The summed E-state index contributed by atoms with van der Waals surface area (Å²) in [5, 5.41) is 3.41. The fourth-order valence-electron chi connectivity index (χ4n) is 4.02. The number of fused-ring (bicyclic) bond motifs is 2. The molecule has 1 aliphatic carbocycles. The number of hydrogen-bond acceptors (Lipinski definition) is 7. The summed E-state index contributed by atoms with van der Waals surface area (Å²) < 4.78 is 5.55. The van der Waals surface area contributed by atoms with Crippen LogP contribution in [-0.2, 0) is 0 Å². The lowest BCUT2D eigenvalue weighted by atomic mass is 9.87. The normalized spacial score (nSPS) is 16.0. The van der Waals surface area contributed by atoms with Crippen molar-refractivity contribution in [1.29, 1.82) is 0 Å². The molecule has 4 rings (SSSR count). The first-order chi connectivity index (χ1) is 14.6. The summed E-state index contributed by atoms with van der Waals surface area (Å²) in [6.45, 7) is 10.7. The van der Waals surface area contributed by atoms with Gasteiger partial charge in [-0.25, -0.2) is 4.98 Å². The molecule has 0 saturated carbocycles. The molecule has 0 aliphatic heterocycles. The first kappa shape index (κ1) is 20.3. The van der Waals surface area contributed by atoms with Crippen molar-refractivity contribution in [1.82, 2.24) is 19.9 Å². The smallest absolute Gasteiger partial charge is 0.292 e. The van der Waals surface area contributed by atoms with Gasteiger partial charge in [0, 0.05) is 12.5 Å². The van der Waals surface area contributed by atoms with Crippen molar-refractivity contribution in [2.75, 3.05) is 37.2 Å². The Labute approximate surface area is 177 Å². The number of oxazole rings is 1. The molecule has 1 aliphatic rings. The molecule has 0 radical (unpaired) electrons. The average molecular weight is 407 g/mol. The van der Waals surface area contributed by atoms with Gasteiger partial charge in [0.2, 0.25) is 0 Å². The maximum atomic E-state index is 5.74. The number of nitrogens with zero attached hydrogens (tertiary/aromatic N) is 4. The van der Waals surface area contributed by atoms with E-state index in [0.29, 0.717) is 0 Å². The zero-order chi connectivity index (χ0) is 21.1. The number of rotatable bonds is 8. The van der Waals surface area contributed by atoms with Gasteiger partial charge < -0.3 is 20.4 Å². The van der Waals surface area contributed by atoms with Crippen LogP contribution in [0.3, 0.4) is 0 Å². The lowest BCUT2D eigenvalue weighted by molar-refractivity contribution is 0.303. The molecule has 158 valence electrons. The van der Waals surface area contributed by atoms with Gasteiger partial charge in [0.15, 0.2) is 0 Å². The molecule has 7 heteroatoms. The second-order valence-corrected chi connectivity index (χ2v) is 7.84. The summed E-state index contributed by atoms with van der Waals surface area (Å²) in [5.74, 6) is 1.93. The van der Waals surface area contributed by atoms with Gasteiger partial charge in [0.25, 0.3) is 6.01 Å². The SMILES string of the molecule is CCN(CC)CCCNc1cnc2ccc(C3=Cc4nc(N)oc4C(C)C3)cc2n1. The van der Waals surface area contributed by atoms with E-state index in [1.54, 1.807) is 0 Å². The molecular formula is C23H30N6O. The number of aromatic nitrogens is 3. The molecule has 30 heavy (non-hydrogen) atoms. The van der Waals surface area contributed by atoms with E-state index >= 15 is 0 Å². The Kier molecular flexibility index (Phi) is 5.99. The highest BCUT2D eigenvalue weighted by molar-refractivity contribution is 5.88. The molecule has 1 atom stereocenters. The minimum atomic E-state index is 0.227. The predicted octanol–water partition coefficient (Wildman–Crippen LogP) is 4.39. The minimum absolute atomic E-state index is 0.227. The molecule has 3 aromatic rings. The zero-order valence-electron chi connectivity index (χ0n) is 18.0. The second-order valence-electron chi connectivity index (χ2n) is 7.84. The van der Waals surface area contributed by atoms with Crippen molar-refractivity contribution < 1.29 is 4.42 Å². The maximum Gasteiger partial charge on any atom is 0.292 e. The number of nitrogens with one attached hydrogen (secondary N) is 1. The van der Waals surface area contributed by atoms with E-state index in [1.807, 2.05) is 12.3 Å². The van der Waals surface area contributed by atoms with Gasteiger partial charge >= 0.3 is 0 Å². The lowest BCUT2D eigenvalue weighted by Gasteiger charge is -2.18. The summed E-state index contributed by atoms with van der Waals surface area (Å²) in [5.41, 5.74) is 10.7. The fourth-order valence-corrected chi connectivity index (χ4v) is 4.02. The molecule has 1 aromatic carbocycles. The summed E-state index contributed by atoms with van der Waals surface area (Å²) in [6, 6.07) is 6.46. The van der Waals surface area contributed by atoms with Crippen LogP contribution in [0.4, 0.5) is 11.8 Å². The number of nitrogens with two attached hydrogens (primary N) is 1. The van der Waals surface area contributed by atoms with Crippen LogP contribution >= 0.6 is 0 Å². The van der Waals surface area contributed by atoms with Crippen LogP contribution in [0.2, 0.25) is 0 Å². The monoisotopic (exact) mass is 406 g/mol. The molecule has 0 amide bonds. The van der Waals surface area contributed by atoms with Crippen LogP contribution < -0.4 is 11.1 Å². The van der Waals surface area contributed by atoms with Gasteiger partial charge in [-0.1, -0.05) is 26.8 Å². The third-order valence-corrected chi connectivity index (χ3v) is 5.75. The van der Waals surface area contributed by atoms with Crippen LogP contribution in [0.25, 0.3) is 22.7 Å². The van der Waals surface area contributed by atoms with Crippen molar-refractivity contribution >= 4 is 34.5 Å². The van der Waals surface area contributed by atoms with Crippen molar-refractivity contribution in [3.05, 3.63) is 41.4 Å². The molecular weight excluding hydrogens is 376 g/mol. The van der Waals surface area contributed by atoms with E-state index in [0.717, 1.165) is 72.9 Å². The Morgan fingerprint density at radius 2 is 2.03 bits per heavy atom. The number of allylic oxidation sites excluding steroid dienone is 1. The van der Waals surface area contributed by atoms with Gasteiger partial charge in [0.05, 0.1) is 17.2 Å². The van der Waals surface area contributed by atoms with E-state index in [2.05, 4.69) is 59.2 Å². The topological polar surface area (TPSA) is 93.1 Å². The van der Waals surface area contributed by atoms with E-state index in [4.69, 9.17) is 15.1 Å². The fraction of sp³-hybridized carbons (Fsp3) is 0.435. The number of nitrogen functional groups attached to an aromatic ring is 1. The highest BCUT2D eigenvalue weighted by atomic mass is 16.4. The molecule has 0 bridgehead atoms. The Balaban J connectivity index is 1.50. The zero-order valence-corrected chi connectivity index (χ0v) is 18.0. The maximum absolute atomic E-state index is 5.74. The van der Waals surface area contributed by atoms with Gasteiger partial charge in [-0.2, -0.15) is 4.98 Å². The van der Waals surface area contributed by atoms with Crippen LogP contribution in [0, 0.1) is 0 Å². The summed E-state index contributed by atoms with van der Waals surface area (Å²) in [7, 11) is 0. The van der Waals surface area contributed by atoms with Crippen molar-refractivity contribution in [2.24, 2.45) is 0 Å². The lowest BCUT2D eigenvalue weighted by Crippen LogP contribution is -2.25. The second kappa shape index (κ2) is 8.83. The van der Waals surface area contributed by atoms with Gasteiger partial charge in [0.1, 0.15) is 17.3 Å². The Morgan fingerprint density at radius 1 is 1.20 bits per heavy atom.